The van der Waals surface area contributed by atoms with Gasteiger partial charge in [0.15, 0.2) is 0 Å². The molecule has 0 aliphatic carbocycles. The Kier molecular flexibility index (Phi) is 4.39. The molecule has 1 N–H and O–H groups in total. The molecular formula is C17H20BrN3S. The number of thiophene rings is 1. The second-order valence-electron chi connectivity index (χ2n) is 5.69. The fourth-order valence-electron chi connectivity index (χ4n) is 2.99. The number of aromatic nitrogens is 2. The van der Waals surface area contributed by atoms with Gasteiger partial charge in [-0.3, -0.25) is 4.68 Å². The summed E-state index contributed by atoms with van der Waals surface area (Å²) in [5.41, 5.74) is 5.00. The zero-order chi connectivity index (χ0) is 15.9. The van der Waals surface area contributed by atoms with Crippen LogP contribution < -0.4 is 5.32 Å². The minimum Gasteiger partial charge on any atom is -0.306 e. The van der Waals surface area contributed by atoms with Crippen molar-refractivity contribution in [3.8, 4) is 0 Å². The molecule has 22 heavy (non-hydrogen) atoms. The lowest BCUT2D eigenvalue weighted by atomic mass is 10.1. The number of fused-ring (bicyclic) bond motifs is 1. The minimum absolute atomic E-state index is 0.288. The number of hydrogen-bond acceptors (Lipinski definition) is 3. The van der Waals surface area contributed by atoms with E-state index < -0.39 is 0 Å². The molecule has 3 nitrogen and oxygen atoms in total. The SMILES string of the molecule is Cc1nn(C)c(C)c1C(C)NCc1csc2c(Br)cccc12. The van der Waals surface area contributed by atoms with E-state index in [0.717, 1.165) is 12.2 Å². The Labute approximate surface area is 143 Å². The largest absolute Gasteiger partial charge is 0.306 e. The first kappa shape index (κ1) is 15.7. The van der Waals surface area contributed by atoms with Crippen LogP contribution >= 0.6 is 27.3 Å². The second-order valence-corrected chi connectivity index (χ2v) is 7.42. The van der Waals surface area contributed by atoms with Crippen LogP contribution in [-0.2, 0) is 13.6 Å². The molecule has 5 heteroatoms. The van der Waals surface area contributed by atoms with E-state index in [2.05, 4.69) is 70.7 Å². The maximum Gasteiger partial charge on any atom is 0.0644 e. The molecule has 0 aliphatic heterocycles. The number of nitrogens with zero attached hydrogens (tertiary/aromatic N) is 2. The third-order valence-electron chi connectivity index (χ3n) is 4.23. The molecule has 2 aromatic heterocycles. The van der Waals surface area contributed by atoms with E-state index in [1.807, 2.05) is 11.7 Å². The molecule has 0 bridgehead atoms. The van der Waals surface area contributed by atoms with Gasteiger partial charge in [-0.2, -0.15) is 5.10 Å². The van der Waals surface area contributed by atoms with Crippen LogP contribution in [0.15, 0.2) is 28.1 Å². The highest BCUT2D eigenvalue weighted by Gasteiger charge is 2.16. The van der Waals surface area contributed by atoms with Crippen molar-refractivity contribution >= 4 is 37.4 Å². The molecule has 3 rings (SSSR count). The molecule has 2 heterocycles. The Morgan fingerprint density at radius 3 is 2.82 bits per heavy atom. The third-order valence-corrected chi connectivity index (χ3v) is 6.23. The van der Waals surface area contributed by atoms with E-state index >= 15 is 0 Å². The summed E-state index contributed by atoms with van der Waals surface area (Å²) < 4.78 is 4.45. The molecule has 0 spiro atoms. The summed E-state index contributed by atoms with van der Waals surface area (Å²) in [4.78, 5) is 0. The summed E-state index contributed by atoms with van der Waals surface area (Å²) >= 11 is 5.42. The molecule has 0 aliphatic rings. The third kappa shape index (κ3) is 2.73. The monoisotopic (exact) mass is 377 g/mol. The maximum atomic E-state index is 4.51. The molecule has 1 unspecified atom stereocenters. The van der Waals surface area contributed by atoms with Crippen LogP contribution in [0.2, 0.25) is 0 Å². The fourth-order valence-corrected chi connectivity index (χ4v) is 4.62. The highest BCUT2D eigenvalue weighted by atomic mass is 79.9. The smallest absolute Gasteiger partial charge is 0.0644 e. The normalized spacial score (nSPS) is 13.0. The first-order valence-electron chi connectivity index (χ1n) is 7.37. The summed E-state index contributed by atoms with van der Waals surface area (Å²) in [7, 11) is 2.00. The van der Waals surface area contributed by atoms with E-state index in [-0.39, 0.29) is 6.04 Å². The lowest BCUT2D eigenvalue weighted by Crippen LogP contribution is -2.19. The lowest BCUT2D eigenvalue weighted by molar-refractivity contribution is 0.571. The van der Waals surface area contributed by atoms with Crippen LogP contribution in [0.4, 0.5) is 0 Å². The van der Waals surface area contributed by atoms with Crippen molar-refractivity contribution in [3.63, 3.8) is 0 Å². The van der Waals surface area contributed by atoms with Gasteiger partial charge in [0.1, 0.15) is 0 Å². The van der Waals surface area contributed by atoms with Gasteiger partial charge in [0.05, 0.1) is 5.69 Å². The van der Waals surface area contributed by atoms with Gasteiger partial charge >= 0.3 is 0 Å². The quantitative estimate of drug-likeness (QED) is 0.702. The summed E-state index contributed by atoms with van der Waals surface area (Å²) in [5.74, 6) is 0. The minimum atomic E-state index is 0.288. The van der Waals surface area contributed by atoms with Gasteiger partial charge in [0.2, 0.25) is 0 Å². The first-order chi connectivity index (χ1) is 10.5. The summed E-state index contributed by atoms with van der Waals surface area (Å²) in [6, 6.07) is 6.68. The topological polar surface area (TPSA) is 29.9 Å². The zero-order valence-corrected chi connectivity index (χ0v) is 15.7. The molecule has 116 valence electrons. The van der Waals surface area contributed by atoms with Crippen molar-refractivity contribution in [2.75, 3.05) is 0 Å². The van der Waals surface area contributed by atoms with Gasteiger partial charge in [-0.05, 0) is 59.1 Å². The van der Waals surface area contributed by atoms with Crippen molar-refractivity contribution in [1.29, 1.82) is 0 Å². The van der Waals surface area contributed by atoms with Crippen LogP contribution in [-0.4, -0.2) is 9.78 Å². The number of rotatable bonds is 4. The molecule has 0 saturated heterocycles. The predicted molar refractivity (Wildman–Crippen MR) is 97.5 cm³/mol. The average molecular weight is 378 g/mol. The van der Waals surface area contributed by atoms with Gasteiger partial charge < -0.3 is 5.32 Å². The Bertz CT molecular complexity index is 819. The maximum absolute atomic E-state index is 4.51. The van der Waals surface area contributed by atoms with Crippen molar-refractivity contribution in [3.05, 3.63) is 50.6 Å². The van der Waals surface area contributed by atoms with Gasteiger partial charge in [0, 0.05) is 40.1 Å². The number of halogens is 1. The number of benzene rings is 1. The molecule has 0 saturated carbocycles. The fraction of sp³-hybridized carbons (Fsp3) is 0.353. The van der Waals surface area contributed by atoms with Crippen LogP contribution in [0.1, 0.15) is 35.5 Å². The molecule has 0 amide bonds. The second kappa shape index (κ2) is 6.14. The van der Waals surface area contributed by atoms with Crippen LogP contribution in [0.3, 0.4) is 0 Å². The molecule has 3 aromatic rings. The van der Waals surface area contributed by atoms with Crippen molar-refractivity contribution < 1.29 is 0 Å². The van der Waals surface area contributed by atoms with Gasteiger partial charge in [0.25, 0.3) is 0 Å². The standard InChI is InChI=1S/C17H20BrN3S/c1-10(16-11(2)20-21(4)12(16)3)19-8-13-9-22-17-14(13)6-5-7-15(17)18/h5-7,9-10,19H,8H2,1-4H3. The van der Waals surface area contributed by atoms with E-state index in [4.69, 9.17) is 0 Å². The first-order valence-corrected chi connectivity index (χ1v) is 9.04. The molecule has 1 atom stereocenters. The van der Waals surface area contributed by atoms with E-state index in [1.54, 1.807) is 11.3 Å². The molecule has 0 fully saturated rings. The average Bonchev–Trinajstić information content (AvgIpc) is 2.99. The predicted octanol–water partition coefficient (Wildman–Crippen LogP) is 4.86. The highest BCUT2D eigenvalue weighted by molar-refractivity contribution is 9.10. The van der Waals surface area contributed by atoms with Crippen molar-refractivity contribution in [2.24, 2.45) is 7.05 Å². The van der Waals surface area contributed by atoms with Gasteiger partial charge in [-0.15, -0.1) is 11.3 Å². The molecular weight excluding hydrogens is 358 g/mol. The van der Waals surface area contributed by atoms with E-state index in [1.165, 1.54) is 31.4 Å². The summed E-state index contributed by atoms with van der Waals surface area (Å²) in [6.07, 6.45) is 0. The lowest BCUT2D eigenvalue weighted by Gasteiger charge is -2.14. The number of nitrogens with one attached hydrogen (secondary N) is 1. The van der Waals surface area contributed by atoms with E-state index in [9.17, 15) is 0 Å². The highest BCUT2D eigenvalue weighted by Crippen LogP contribution is 2.32. The van der Waals surface area contributed by atoms with Crippen LogP contribution in [0.5, 0.6) is 0 Å². The summed E-state index contributed by atoms with van der Waals surface area (Å²) in [6.45, 7) is 7.29. The van der Waals surface area contributed by atoms with Gasteiger partial charge in [-0.1, -0.05) is 12.1 Å². The van der Waals surface area contributed by atoms with Crippen LogP contribution in [0.25, 0.3) is 10.1 Å². The Morgan fingerprint density at radius 2 is 2.14 bits per heavy atom. The van der Waals surface area contributed by atoms with Crippen LogP contribution in [0, 0.1) is 13.8 Å². The Morgan fingerprint density at radius 1 is 1.36 bits per heavy atom. The Balaban J connectivity index is 1.80. The Hall–Kier alpha value is -1.17. The van der Waals surface area contributed by atoms with Crippen molar-refractivity contribution in [1.82, 2.24) is 15.1 Å². The zero-order valence-electron chi connectivity index (χ0n) is 13.3. The molecule has 1 aromatic carbocycles. The summed E-state index contributed by atoms with van der Waals surface area (Å²) in [5, 5.41) is 11.7. The number of aryl methyl sites for hydroxylation is 2. The van der Waals surface area contributed by atoms with E-state index in [0.29, 0.717) is 0 Å². The van der Waals surface area contributed by atoms with Gasteiger partial charge in [-0.25, -0.2) is 0 Å². The number of hydrogen-bond donors (Lipinski definition) is 1. The molecule has 0 radical (unpaired) electrons. The van der Waals surface area contributed by atoms with Crippen molar-refractivity contribution in [2.45, 2.75) is 33.4 Å².